The summed E-state index contributed by atoms with van der Waals surface area (Å²) < 4.78 is 23.9. The molecule has 4 aromatic carbocycles. The number of hydrogen-bond donors (Lipinski definition) is 0. The van der Waals surface area contributed by atoms with E-state index in [0.29, 0.717) is 0 Å². The molecule has 0 radical (unpaired) electrons. The van der Waals surface area contributed by atoms with Crippen molar-refractivity contribution in [1.82, 2.24) is 17.9 Å². The van der Waals surface area contributed by atoms with Gasteiger partial charge in [0.1, 0.15) is 28.2 Å². The Morgan fingerprint density at radius 1 is 0.717 bits per heavy atom. The fourth-order valence-electron chi connectivity index (χ4n) is 10.2. The molecule has 12 rings (SSSR count). The molecule has 0 saturated carbocycles. The second-order valence-electron chi connectivity index (χ2n) is 15.1. The third-order valence-electron chi connectivity index (χ3n) is 12.4. The van der Waals surface area contributed by atoms with Crippen molar-refractivity contribution in [3.8, 4) is 22.5 Å². The van der Waals surface area contributed by atoms with E-state index < -0.39 is 0 Å². The van der Waals surface area contributed by atoms with Crippen molar-refractivity contribution in [2.75, 3.05) is 0 Å². The second-order valence-corrected chi connectivity index (χ2v) is 15.1. The largest absolute Gasteiger partial charge is 0.455 e. The Bertz CT molecular complexity index is 3370. The average Bonchev–Trinajstić information content (AvgIpc) is 3.98. The van der Waals surface area contributed by atoms with Gasteiger partial charge in [0.2, 0.25) is 0 Å². The number of rotatable bonds is 3. The maximum atomic E-state index is 7.02. The van der Waals surface area contributed by atoms with Gasteiger partial charge in [-0.2, -0.15) is 0 Å². The van der Waals surface area contributed by atoms with Crippen LogP contribution in [0.3, 0.4) is 0 Å². The van der Waals surface area contributed by atoms with Gasteiger partial charge in [0.15, 0.2) is 11.2 Å². The van der Waals surface area contributed by atoms with Crippen LogP contribution in [0.1, 0.15) is 47.7 Å². The van der Waals surface area contributed by atoms with Crippen molar-refractivity contribution >= 4 is 90.2 Å². The maximum Gasteiger partial charge on any atom is 0.266 e. The number of hydrogen-bond acceptors (Lipinski definition) is 2. The van der Waals surface area contributed by atoms with Crippen LogP contribution in [0.15, 0.2) is 100 Å². The molecule has 0 spiro atoms. The predicted octanol–water partition coefficient (Wildman–Crippen LogP) is 9.68. The molecule has 2 aliphatic heterocycles. The summed E-state index contributed by atoms with van der Waals surface area (Å²) >= 11 is 0. The number of aryl methyl sites for hydroxylation is 4. The van der Waals surface area contributed by atoms with Crippen molar-refractivity contribution in [3.63, 3.8) is 0 Å². The molecule has 0 amide bonds. The number of furan rings is 2. The first-order valence-electron chi connectivity index (χ1n) is 18.5. The highest BCUT2D eigenvalue weighted by molar-refractivity contribution is 7.02. The Kier molecular flexibility index (Phi) is 5.27. The van der Waals surface area contributed by atoms with Crippen LogP contribution < -0.4 is 16.4 Å². The quantitative estimate of drug-likeness (QED) is 0.174. The van der Waals surface area contributed by atoms with Gasteiger partial charge in [0, 0.05) is 38.9 Å². The summed E-state index contributed by atoms with van der Waals surface area (Å²) in [6.07, 6.45) is 4.09. The average molecular weight is 687 g/mol. The summed E-state index contributed by atoms with van der Waals surface area (Å²) in [7, 11) is 0. The molecule has 0 unspecified atom stereocenters. The van der Waals surface area contributed by atoms with Crippen LogP contribution in [0.25, 0.3) is 89.6 Å². The van der Waals surface area contributed by atoms with E-state index >= 15 is 0 Å². The minimum absolute atomic E-state index is 0.160. The Labute approximate surface area is 305 Å². The highest BCUT2D eigenvalue weighted by Gasteiger charge is 2.48. The summed E-state index contributed by atoms with van der Waals surface area (Å²) in [6, 6.07) is 28.8. The van der Waals surface area contributed by atoms with Crippen molar-refractivity contribution in [2.24, 2.45) is 0 Å². The highest BCUT2D eigenvalue weighted by Crippen LogP contribution is 2.44. The molecule has 53 heavy (non-hydrogen) atoms. The van der Waals surface area contributed by atoms with Gasteiger partial charge in [-0.15, -0.1) is 0 Å². The van der Waals surface area contributed by atoms with E-state index in [0.717, 1.165) is 55.8 Å². The first-order chi connectivity index (χ1) is 25.8. The Hall–Kier alpha value is -6.34. The molecule has 6 nitrogen and oxygen atoms in total. The van der Waals surface area contributed by atoms with Crippen LogP contribution in [-0.2, 0) is 0 Å². The number of para-hydroxylation sites is 1. The van der Waals surface area contributed by atoms with Crippen LogP contribution in [-0.4, -0.2) is 24.6 Å². The van der Waals surface area contributed by atoms with E-state index in [4.69, 9.17) is 8.83 Å². The lowest BCUT2D eigenvalue weighted by Crippen LogP contribution is -2.59. The lowest BCUT2D eigenvalue weighted by atomic mass is 9.35. The van der Waals surface area contributed by atoms with E-state index in [1.165, 1.54) is 78.0 Å². The summed E-state index contributed by atoms with van der Waals surface area (Å²) in [5.74, 6) is 0.814. The molecule has 0 atom stereocenters. The maximum absolute atomic E-state index is 7.02. The molecular formula is C46H35BN4O2. The molecule has 8 heterocycles. The molecule has 0 aliphatic carbocycles. The number of allylic oxidation sites excluding steroid dienone is 2. The van der Waals surface area contributed by atoms with Gasteiger partial charge in [-0.25, -0.2) is 0 Å². The van der Waals surface area contributed by atoms with Crippen LogP contribution in [0.4, 0.5) is 0 Å². The van der Waals surface area contributed by atoms with Crippen molar-refractivity contribution in [1.29, 1.82) is 0 Å². The highest BCUT2D eigenvalue weighted by atomic mass is 16.3. The molecule has 0 fully saturated rings. The van der Waals surface area contributed by atoms with Gasteiger partial charge in [0.25, 0.3) is 6.71 Å². The standard InChI is InChI=1S/C46H35BN4O2/c1-8-24(4)39-27(7)48-41-26(6)34(9-2)52-43(41)37-45(48)49(39)31-21-29(28-15-11-10-12-16-28)22-32-36(31)47(37)38-44-42(30-17-13-14-18-35(30)53-44)51-33-20-23(3)19-25(5)40(33)50(32)46(38)51/h8-22H,2H2,1,3-7H3/b24-8-. The van der Waals surface area contributed by atoms with Crippen LogP contribution in [0.5, 0.6) is 0 Å². The zero-order valence-corrected chi connectivity index (χ0v) is 30.6. The van der Waals surface area contributed by atoms with E-state index in [1.807, 2.05) is 6.08 Å². The van der Waals surface area contributed by atoms with Crippen LogP contribution >= 0.6 is 0 Å². The van der Waals surface area contributed by atoms with Gasteiger partial charge in [-0.3, -0.25) is 17.9 Å². The molecular weight excluding hydrogens is 651 g/mol. The minimum atomic E-state index is -0.160. The summed E-state index contributed by atoms with van der Waals surface area (Å²) in [6.45, 7) is 17.3. The Balaban J connectivity index is 1.41. The minimum Gasteiger partial charge on any atom is -0.455 e. The molecule has 0 N–H and O–H groups in total. The first kappa shape index (κ1) is 29.3. The van der Waals surface area contributed by atoms with Crippen molar-refractivity contribution < 1.29 is 8.83 Å². The first-order valence-corrected chi connectivity index (χ1v) is 18.5. The van der Waals surface area contributed by atoms with Gasteiger partial charge in [-0.05, 0) is 111 Å². The van der Waals surface area contributed by atoms with E-state index in [9.17, 15) is 0 Å². The fraction of sp³-hybridized carbons (Fsp3) is 0.130. The van der Waals surface area contributed by atoms with Crippen molar-refractivity contribution in [2.45, 2.75) is 41.5 Å². The van der Waals surface area contributed by atoms with Gasteiger partial charge >= 0.3 is 0 Å². The molecule has 10 aromatic rings. The smallest absolute Gasteiger partial charge is 0.266 e. The van der Waals surface area contributed by atoms with Gasteiger partial charge in [-0.1, -0.05) is 61.2 Å². The topological polar surface area (TPSA) is 45.0 Å². The molecule has 2 aliphatic rings. The van der Waals surface area contributed by atoms with E-state index in [2.05, 4.69) is 151 Å². The third-order valence-corrected chi connectivity index (χ3v) is 12.4. The molecule has 0 bridgehead atoms. The van der Waals surface area contributed by atoms with Crippen LogP contribution in [0, 0.1) is 27.7 Å². The Morgan fingerprint density at radius 3 is 2.17 bits per heavy atom. The number of nitrogens with zero attached hydrogens (tertiary/aromatic N) is 4. The lowest BCUT2D eigenvalue weighted by molar-refractivity contribution is 0.604. The van der Waals surface area contributed by atoms with Gasteiger partial charge < -0.3 is 8.83 Å². The predicted molar refractivity (Wildman–Crippen MR) is 220 cm³/mol. The molecule has 0 saturated heterocycles. The van der Waals surface area contributed by atoms with Crippen LogP contribution in [0.2, 0.25) is 0 Å². The number of aromatic nitrogens is 4. The zero-order valence-electron chi connectivity index (χ0n) is 30.6. The second kappa shape index (κ2) is 9.55. The Morgan fingerprint density at radius 2 is 1.42 bits per heavy atom. The van der Waals surface area contributed by atoms with Gasteiger partial charge in [0.05, 0.1) is 22.2 Å². The zero-order chi connectivity index (χ0) is 35.8. The number of imidazole rings is 2. The van der Waals surface area contributed by atoms with Crippen molar-refractivity contribution in [3.05, 3.63) is 125 Å². The summed E-state index contributed by atoms with van der Waals surface area (Å²) in [4.78, 5) is 0. The SMILES string of the molecule is C=Cc1oc2c3c4n(c(/C(C)=C\C)c(C)n4c2c1C)-c1cc(-c2ccccc2)cc2c1B3c1c3oc4ccccc4c3n3c4cc(C)cc(C)c4n-2c13. The van der Waals surface area contributed by atoms with E-state index in [1.54, 1.807) is 0 Å². The molecule has 6 aromatic heterocycles. The summed E-state index contributed by atoms with van der Waals surface area (Å²) in [5.41, 5.74) is 25.3. The lowest BCUT2D eigenvalue weighted by Gasteiger charge is -2.32. The molecule has 254 valence electrons. The fourth-order valence-corrected chi connectivity index (χ4v) is 10.2. The summed E-state index contributed by atoms with van der Waals surface area (Å²) in [5, 5.41) is 1.12. The number of fused-ring (bicyclic) bond motifs is 15. The normalized spacial score (nSPS) is 13.6. The number of benzene rings is 4. The van der Waals surface area contributed by atoms with E-state index in [-0.39, 0.29) is 6.71 Å². The third kappa shape index (κ3) is 3.21. The molecule has 7 heteroatoms. The monoisotopic (exact) mass is 686 g/mol.